The monoisotopic (exact) mass is 390 g/mol. The lowest BCUT2D eigenvalue weighted by Gasteiger charge is -2.30. The Balaban J connectivity index is 1.41. The zero-order chi connectivity index (χ0) is 19.8. The van der Waals surface area contributed by atoms with Crippen LogP contribution in [-0.4, -0.2) is 40.5 Å². The Labute approximate surface area is 168 Å². The predicted octanol–water partition coefficient (Wildman–Crippen LogP) is 3.60. The normalized spacial score (nSPS) is 18.9. The Morgan fingerprint density at radius 1 is 1.17 bits per heavy atom. The number of carbonyl (C=O) groups is 1. The van der Waals surface area contributed by atoms with Gasteiger partial charge in [-0.05, 0) is 37.1 Å². The maximum absolute atomic E-state index is 11.8. The molecule has 0 saturated heterocycles. The topological polar surface area (TPSA) is 87.4 Å². The first-order chi connectivity index (χ1) is 14.2. The van der Waals surface area contributed by atoms with Crippen LogP contribution in [0, 0.1) is 0 Å². The van der Waals surface area contributed by atoms with Crippen molar-refractivity contribution >= 4 is 29.4 Å². The van der Waals surface area contributed by atoms with Gasteiger partial charge in [-0.2, -0.15) is 4.98 Å². The highest BCUT2D eigenvalue weighted by atomic mass is 16.3. The van der Waals surface area contributed by atoms with E-state index in [4.69, 9.17) is 9.40 Å². The highest BCUT2D eigenvalue weighted by Crippen LogP contribution is 2.41. The minimum absolute atomic E-state index is 0.321. The molecule has 3 aromatic rings. The highest BCUT2D eigenvalue weighted by molar-refractivity contribution is 5.84. The van der Waals surface area contributed by atoms with Crippen molar-refractivity contribution in [1.29, 1.82) is 0 Å². The lowest BCUT2D eigenvalue weighted by atomic mass is 10.2. The van der Waals surface area contributed by atoms with Crippen molar-refractivity contribution in [2.24, 2.45) is 0 Å². The highest BCUT2D eigenvalue weighted by Gasteiger charge is 2.40. The summed E-state index contributed by atoms with van der Waals surface area (Å²) >= 11 is 0. The first-order valence-corrected chi connectivity index (χ1v) is 9.84. The SMILES string of the molecule is CN1c2cnc(Nc3ccc(-c4cnco4)cc3)nc2N(C2CCCC2)C1C=O. The lowest BCUT2D eigenvalue weighted by Crippen LogP contribution is -2.47. The van der Waals surface area contributed by atoms with Crippen molar-refractivity contribution in [1.82, 2.24) is 15.0 Å². The van der Waals surface area contributed by atoms with Crippen molar-refractivity contribution < 1.29 is 9.21 Å². The minimum atomic E-state index is -0.321. The summed E-state index contributed by atoms with van der Waals surface area (Å²) in [4.78, 5) is 29.1. The van der Waals surface area contributed by atoms with Crippen molar-refractivity contribution in [3.63, 3.8) is 0 Å². The van der Waals surface area contributed by atoms with E-state index in [1.165, 1.54) is 19.2 Å². The van der Waals surface area contributed by atoms with Gasteiger partial charge in [-0.1, -0.05) is 12.8 Å². The fourth-order valence-corrected chi connectivity index (χ4v) is 4.25. The van der Waals surface area contributed by atoms with Gasteiger partial charge in [-0.3, -0.25) is 4.79 Å². The zero-order valence-electron chi connectivity index (χ0n) is 16.2. The summed E-state index contributed by atoms with van der Waals surface area (Å²) in [7, 11) is 1.92. The molecule has 2 aliphatic rings. The number of nitrogens with one attached hydrogen (secondary N) is 1. The van der Waals surface area contributed by atoms with Gasteiger partial charge in [0.25, 0.3) is 0 Å². The molecule has 29 heavy (non-hydrogen) atoms. The summed E-state index contributed by atoms with van der Waals surface area (Å²) in [6.07, 6.45) is 10.1. The number of benzene rings is 1. The smallest absolute Gasteiger partial charge is 0.229 e. The molecule has 148 valence electrons. The number of hydrogen-bond donors (Lipinski definition) is 1. The van der Waals surface area contributed by atoms with Gasteiger partial charge >= 0.3 is 0 Å². The summed E-state index contributed by atoms with van der Waals surface area (Å²) in [6, 6.07) is 8.15. The Hall–Kier alpha value is -3.42. The quantitative estimate of drug-likeness (QED) is 0.661. The zero-order valence-corrected chi connectivity index (χ0v) is 16.2. The molecule has 1 N–H and O–H groups in total. The van der Waals surface area contributed by atoms with Crippen LogP contribution in [0.15, 0.2) is 47.5 Å². The minimum Gasteiger partial charge on any atom is -0.444 e. The number of fused-ring (bicyclic) bond motifs is 1. The van der Waals surface area contributed by atoms with E-state index in [-0.39, 0.29) is 6.17 Å². The van der Waals surface area contributed by atoms with E-state index >= 15 is 0 Å². The molecular weight excluding hydrogens is 368 g/mol. The Morgan fingerprint density at radius 2 is 1.97 bits per heavy atom. The van der Waals surface area contributed by atoms with E-state index in [9.17, 15) is 4.79 Å². The van der Waals surface area contributed by atoms with E-state index < -0.39 is 0 Å². The van der Waals surface area contributed by atoms with Crippen molar-refractivity contribution in [2.75, 3.05) is 22.2 Å². The fraction of sp³-hybridized carbons (Fsp3) is 0.333. The number of carbonyl (C=O) groups excluding carboxylic acids is 1. The number of rotatable bonds is 5. The lowest BCUT2D eigenvalue weighted by molar-refractivity contribution is -0.108. The number of hydrogen-bond acceptors (Lipinski definition) is 8. The largest absolute Gasteiger partial charge is 0.444 e. The van der Waals surface area contributed by atoms with Crippen LogP contribution in [0.5, 0.6) is 0 Å². The van der Waals surface area contributed by atoms with Gasteiger partial charge in [-0.15, -0.1) is 0 Å². The molecule has 1 unspecified atom stereocenters. The van der Waals surface area contributed by atoms with Crippen LogP contribution < -0.4 is 15.1 Å². The molecule has 0 amide bonds. The molecule has 2 aromatic heterocycles. The van der Waals surface area contributed by atoms with Crippen molar-refractivity contribution in [2.45, 2.75) is 37.9 Å². The first kappa shape index (κ1) is 17.7. The molecule has 8 nitrogen and oxygen atoms in total. The van der Waals surface area contributed by atoms with E-state index in [0.29, 0.717) is 12.0 Å². The van der Waals surface area contributed by atoms with Crippen LogP contribution in [0.25, 0.3) is 11.3 Å². The average molecular weight is 390 g/mol. The van der Waals surface area contributed by atoms with Crippen LogP contribution in [-0.2, 0) is 4.79 Å². The molecule has 1 atom stereocenters. The van der Waals surface area contributed by atoms with Crippen LogP contribution in [0.1, 0.15) is 25.7 Å². The van der Waals surface area contributed by atoms with Gasteiger partial charge in [0.05, 0.1) is 12.4 Å². The summed E-state index contributed by atoms with van der Waals surface area (Å²) in [5, 5.41) is 3.26. The van der Waals surface area contributed by atoms with E-state index in [1.807, 2.05) is 36.2 Å². The predicted molar refractivity (Wildman–Crippen MR) is 110 cm³/mol. The van der Waals surface area contributed by atoms with Crippen molar-refractivity contribution in [3.05, 3.63) is 43.1 Å². The maximum Gasteiger partial charge on any atom is 0.229 e. The average Bonchev–Trinajstić information content (AvgIpc) is 3.49. The van der Waals surface area contributed by atoms with Crippen LogP contribution in [0.4, 0.5) is 23.1 Å². The molecule has 3 heterocycles. The van der Waals surface area contributed by atoms with E-state index in [0.717, 1.165) is 47.6 Å². The second-order valence-electron chi connectivity index (χ2n) is 7.48. The maximum atomic E-state index is 11.8. The molecule has 1 aliphatic heterocycles. The summed E-state index contributed by atoms with van der Waals surface area (Å²) in [5.41, 5.74) is 2.71. The van der Waals surface area contributed by atoms with Crippen LogP contribution in [0.3, 0.4) is 0 Å². The summed E-state index contributed by atoms with van der Waals surface area (Å²) in [6.45, 7) is 0. The number of anilines is 4. The number of nitrogens with zero attached hydrogens (tertiary/aromatic N) is 5. The number of likely N-dealkylation sites (N-methyl/N-ethyl adjacent to an activating group) is 1. The second kappa shape index (κ2) is 7.20. The van der Waals surface area contributed by atoms with Gasteiger partial charge in [0.1, 0.15) is 5.69 Å². The standard InChI is InChI=1S/C21H22N6O2/c1-26-17-10-23-21(24-15-8-6-14(7-9-15)18-11-22-13-29-18)25-20(17)27(19(26)12-28)16-4-2-3-5-16/h6-13,16,19H,2-5H2,1H3,(H,23,24,25). The molecule has 0 bridgehead atoms. The van der Waals surface area contributed by atoms with Gasteiger partial charge in [-0.25, -0.2) is 9.97 Å². The summed E-state index contributed by atoms with van der Waals surface area (Å²) in [5.74, 6) is 2.06. The third-order valence-electron chi connectivity index (χ3n) is 5.75. The molecule has 1 aromatic carbocycles. The summed E-state index contributed by atoms with van der Waals surface area (Å²) < 4.78 is 5.32. The Bertz CT molecular complexity index is 999. The van der Waals surface area contributed by atoms with Gasteiger partial charge < -0.3 is 19.5 Å². The molecule has 1 fully saturated rings. The molecule has 0 radical (unpaired) electrons. The van der Waals surface area contributed by atoms with Gasteiger partial charge in [0.2, 0.25) is 5.95 Å². The third kappa shape index (κ3) is 3.10. The molecule has 0 spiro atoms. The molecule has 1 aliphatic carbocycles. The number of aromatic nitrogens is 3. The number of oxazole rings is 1. The first-order valence-electron chi connectivity index (χ1n) is 9.84. The van der Waals surface area contributed by atoms with Crippen molar-refractivity contribution in [3.8, 4) is 11.3 Å². The molecular formula is C21H22N6O2. The second-order valence-corrected chi connectivity index (χ2v) is 7.48. The van der Waals surface area contributed by atoms with E-state index in [1.54, 1.807) is 12.4 Å². The Morgan fingerprint density at radius 3 is 2.66 bits per heavy atom. The van der Waals surface area contributed by atoms with Gasteiger partial charge in [0, 0.05) is 24.3 Å². The van der Waals surface area contributed by atoms with Crippen LogP contribution >= 0.6 is 0 Å². The number of aldehydes is 1. The van der Waals surface area contributed by atoms with Gasteiger partial charge in [0.15, 0.2) is 30.4 Å². The van der Waals surface area contributed by atoms with E-state index in [2.05, 4.69) is 20.2 Å². The third-order valence-corrected chi connectivity index (χ3v) is 5.75. The Kier molecular flexibility index (Phi) is 4.38. The molecule has 1 saturated carbocycles. The van der Waals surface area contributed by atoms with Crippen LogP contribution in [0.2, 0.25) is 0 Å². The molecule has 8 heteroatoms. The molecule has 5 rings (SSSR count). The fourth-order valence-electron chi connectivity index (χ4n) is 4.25.